The number of benzene rings is 2. The summed E-state index contributed by atoms with van der Waals surface area (Å²) in [6, 6.07) is 18.3. The van der Waals surface area contributed by atoms with E-state index in [2.05, 4.69) is 10.3 Å². The van der Waals surface area contributed by atoms with Crippen LogP contribution in [0.25, 0.3) is 10.9 Å². The third-order valence-corrected chi connectivity index (χ3v) is 6.23. The second-order valence-electron chi connectivity index (χ2n) is 7.32. The first-order valence-corrected chi connectivity index (χ1v) is 11.6. The Morgan fingerprint density at radius 2 is 2.00 bits per heavy atom. The second-order valence-corrected chi connectivity index (χ2v) is 8.82. The van der Waals surface area contributed by atoms with Crippen molar-refractivity contribution >= 4 is 40.2 Å². The second kappa shape index (κ2) is 10.1. The summed E-state index contributed by atoms with van der Waals surface area (Å²) >= 11 is 7.46. The highest BCUT2D eigenvalue weighted by Gasteiger charge is 2.15. The number of amides is 1. The molecule has 0 spiro atoms. The zero-order chi connectivity index (χ0) is 22.5. The molecule has 8 heteroatoms. The Morgan fingerprint density at radius 1 is 1.19 bits per heavy atom. The molecule has 164 valence electrons. The Kier molecular flexibility index (Phi) is 6.97. The van der Waals surface area contributed by atoms with Crippen molar-refractivity contribution < 1.29 is 9.21 Å². The van der Waals surface area contributed by atoms with Gasteiger partial charge in [0.1, 0.15) is 5.76 Å². The number of rotatable bonds is 8. The highest BCUT2D eigenvalue weighted by molar-refractivity contribution is 7.99. The van der Waals surface area contributed by atoms with Gasteiger partial charge < -0.3 is 9.73 Å². The first-order chi connectivity index (χ1) is 15.5. The topological polar surface area (TPSA) is 77.1 Å². The lowest BCUT2D eigenvalue weighted by Gasteiger charge is -2.15. The highest BCUT2D eigenvalue weighted by Crippen LogP contribution is 2.22. The number of nitrogens with zero attached hydrogens (tertiary/aromatic N) is 2. The summed E-state index contributed by atoms with van der Waals surface area (Å²) in [5.41, 5.74) is 1.41. The fourth-order valence-corrected chi connectivity index (χ4v) is 4.46. The average molecular weight is 468 g/mol. The van der Waals surface area contributed by atoms with Gasteiger partial charge in [-0.25, -0.2) is 4.98 Å². The lowest BCUT2D eigenvalue weighted by molar-refractivity contribution is -0.121. The van der Waals surface area contributed by atoms with Crippen LogP contribution in [0.3, 0.4) is 0 Å². The molecule has 32 heavy (non-hydrogen) atoms. The molecule has 0 saturated carbocycles. The molecule has 1 atom stereocenters. The van der Waals surface area contributed by atoms with Crippen molar-refractivity contribution in [3.05, 3.63) is 93.6 Å². The number of thioether (sulfide) groups is 1. The van der Waals surface area contributed by atoms with Crippen LogP contribution < -0.4 is 10.9 Å². The third-order valence-electron chi connectivity index (χ3n) is 5.01. The van der Waals surface area contributed by atoms with Gasteiger partial charge in [0.05, 0.1) is 29.8 Å². The molecule has 1 amide bonds. The number of furan rings is 1. The van der Waals surface area contributed by atoms with Crippen LogP contribution in [0.4, 0.5) is 0 Å². The SMILES string of the molecule is CC(NC(=O)CCSc1nc2cc(Cl)ccc2c(=O)n1Cc1ccco1)c1ccccc1. The molecule has 0 aliphatic rings. The van der Waals surface area contributed by atoms with Gasteiger partial charge in [-0.05, 0) is 42.8 Å². The van der Waals surface area contributed by atoms with E-state index in [1.54, 1.807) is 35.1 Å². The number of fused-ring (bicyclic) bond motifs is 1. The first kappa shape index (κ1) is 22.2. The third kappa shape index (κ3) is 5.23. The van der Waals surface area contributed by atoms with Gasteiger partial charge in [-0.15, -0.1) is 0 Å². The van der Waals surface area contributed by atoms with Crippen LogP contribution in [0.15, 0.2) is 81.3 Å². The van der Waals surface area contributed by atoms with Gasteiger partial charge in [0.2, 0.25) is 5.91 Å². The van der Waals surface area contributed by atoms with Crippen molar-refractivity contribution in [2.45, 2.75) is 31.1 Å². The van der Waals surface area contributed by atoms with E-state index in [0.29, 0.717) is 39.0 Å². The van der Waals surface area contributed by atoms with Crippen LogP contribution >= 0.6 is 23.4 Å². The van der Waals surface area contributed by atoms with Gasteiger partial charge in [0, 0.05) is 17.2 Å². The summed E-state index contributed by atoms with van der Waals surface area (Å²) in [7, 11) is 0. The zero-order valence-electron chi connectivity index (χ0n) is 17.5. The van der Waals surface area contributed by atoms with Gasteiger partial charge in [-0.1, -0.05) is 53.7 Å². The molecule has 1 N–H and O–H groups in total. The molecule has 6 nitrogen and oxygen atoms in total. The van der Waals surface area contributed by atoms with E-state index in [1.807, 2.05) is 43.3 Å². The fraction of sp³-hybridized carbons (Fsp3) is 0.208. The summed E-state index contributed by atoms with van der Waals surface area (Å²) in [4.78, 5) is 30.2. The number of hydrogen-bond acceptors (Lipinski definition) is 5. The first-order valence-electron chi connectivity index (χ1n) is 10.2. The standard InChI is InChI=1S/C24H22ClN3O3S/c1-16(17-6-3-2-4-7-17)26-22(29)11-13-32-24-27-21-14-18(25)9-10-20(21)23(30)28(24)15-19-8-5-12-31-19/h2-10,12,14,16H,11,13,15H2,1H3,(H,26,29). The molecule has 2 heterocycles. The van der Waals surface area contributed by atoms with Crippen LogP contribution in [0.5, 0.6) is 0 Å². The van der Waals surface area contributed by atoms with Gasteiger partial charge in [0.25, 0.3) is 5.56 Å². The monoisotopic (exact) mass is 467 g/mol. The molecule has 2 aromatic heterocycles. The van der Waals surface area contributed by atoms with E-state index < -0.39 is 0 Å². The molecule has 4 rings (SSSR count). The maximum absolute atomic E-state index is 13.1. The lowest BCUT2D eigenvalue weighted by Crippen LogP contribution is -2.27. The van der Waals surface area contributed by atoms with Gasteiger partial charge in [-0.3, -0.25) is 14.2 Å². The summed E-state index contributed by atoms with van der Waals surface area (Å²) < 4.78 is 7.00. The number of hydrogen-bond donors (Lipinski definition) is 1. The maximum atomic E-state index is 13.1. The molecule has 0 fully saturated rings. The van der Waals surface area contributed by atoms with Crippen LogP contribution in [0.2, 0.25) is 5.02 Å². The van der Waals surface area contributed by atoms with E-state index in [-0.39, 0.29) is 24.1 Å². The molecule has 4 aromatic rings. The Balaban J connectivity index is 1.50. The van der Waals surface area contributed by atoms with E-state index in [9.17, 15) is 9.59 Å². The largest absolute Gasteiger partial charge is 0.467 e. The summed E-state index contributed by atoms with van der Waals surface area (Å²) in [5, 5.41) is 4.53. The van der Waals surface area contributed by atoms with E-state index >= 15 is 0 Å². The van der Waals surface area contributed by atoms with Crippen LogP contribution in [0.1, 0.15) is 30.7 Å². The summed E-state index contributed by atoms with van der Waals surface area (Å²) in [6.07, 6.45) is 1.87. The summed E-state index contributed by atoms with van der Waals surface area (Å²) in [6.45, 7) is 2.22. The molecule has 0 aliphatic carbocycles. The molecule has 2 aromatic carbocycles. The molecule has 0 saturated heterocycles. The number of carbonyl (C=O) groups excluding carboxylic acids is 1. The van der Waals surface area contributed by atoms with Crippen molar-refractivity contribution in [3.63, 3.8) is 0 Å². The molecule has 0 bridgehead atoms. The predicted molar refractivity (Wildman–Crippen MR) is 127 cm³/mol. The quantitative estimate of drug-likeness (QED) is 0.290. The Labute approximate surface area is 194 Å². The zero-order valence-corrected chi connectivity index (χ0v) is 19.0. The highest BCUT2D eigenvalue weighted by atomic mass is 35.5. The summed E-state index contributed by atoms with van der Waals surface area (Å²) in [5.74, 6) is 1.07. The number of halogens is 1. The smallest absolute Gasteiger partial charge is 0.262 e. The average Bonchev–Trinajstić information content (AvgIpc) is 3.30. The maximum Gasteiger partial charge on any atom is 0.262 e. The van der Waals surface area contributed by atoms with Crippen molar-refractivity contribution in [2.24, 2.45) is 0 Å². The number of aromatic nitrogens is 2. The predicted octanol–water partition coefficient (Wildman–Crippen LogP) is 5.05. The fourth-order valence-electron chi connectivity index (χ4n) is 3.36. The van der Waals surface area contributed by atoms with Crippen molar-refractivity contribution in [1.29, 1.82) is 0 Å². The van der Waals surface area contributed by atoms with Crippen molar-refractivity contribution in [3.8, 4) is 0 Å². The lowest BCUT2D eigenvalue weighted by atomic mass is 10.1. The molecular formula is C24H22ClN3O3S. The Morgan fingerprint density at radius 3 is 2.75 bits per heavy atom. The molecule has 0 radical (unpaired) electrons. The van der Waals surface area contributed by atoms with Crippen LogP contribution in [-0.2, 0) is 11.3 Å². The van der Waals surface area contributed by atoms with Crippen LogP contribution in [-0.4, -0.2) is 21.2 Å². The molecule has 1 unspecified atom stereocenters. The molecular weight excluding hydrogens is 446 g/mol. The van der Waals surface area contributed by atoms with Crippen molar-refractivity contribution in [1.82, 2.24) is 14.9 Å². The van der Waals surface area contributed by atoms with E-state index in [0.717, 1.165) is 5.56 Å². The normalized spacial score (nSPS) is 12.1. The van der Waals surface area contributed by atoms with Gasteiger partial charge in [0.15, 0.2) is 5.16 Å². The van der Waals surface area contributed by atoms with E-state index in [1.165, 1.54) is 11.8 Å². The minimum absolute atomic E-state index is 0.0578. The van der Waals surface area contributed by atoms with Crippen LogP contribution in [0, 0.1) is 0 Å². The minimum Gasteiger partial charge on any atom is -0.467 e. The van der Waals surface area contributed by atoms with E-state index in [4.69, 9.17) is 16.0 Å². The Bertz CT molecular complexity index is 1270. The Hall–Kier alpha value is -3.03. The molecule has 0 aliphatic heterocycles. The number of nitrogens with one attached hydrogen (secondary N) is 1. The minimum atomic E-state index is -0.173. The van der Waals surface area contributed by atoms with Gasteiger partial charge in [-0.2, -0.15) is 0 Å². The van der Waals surface area contributed by atoms with Crippen molar-refractivity contribution in [2.75, 3.05) is 5.75 Å². The number of carbonyl (C=O) groups is 1. The van der Waals surface area contributed by atoms with Gasteiger partial charge >= 0.3 is 0 Å².